The van der Waals surface area contributed by atoms with Gasteiger partial charge in [-0.15, -0.1) is 0 Å². The maximum Gasteiger partial charge on any atom is 0.146 e. The van der Waals surface area contributed by atoms with Gasteiger partial charge in [-0.2, -0.15) is 5.26 Å². The lowest BCUT2D eigenvalue weighted by Gasteiger charge is -2.35. The highest BCUT2D eigenvalue weighted by molar-refractivity contribution is 5.63. The summed E-state index contributed by atoms with van der Waals surface area (Å²) in [6, 6.07) is 16.1. The molecule has 0 saturated carbocycles. The van der Waals surface area contributed by atoms with Crippen LogP contribution in [0.15, 0.2) is 54.7 Å². The number of nitriles is 1. The highest BCUT2D eigenvalue weighted by atomic mass is 16.6. The molecule has 0 amide bonds. The van der Waals surface area contributed by atoms with Crippen molar-refractivity contribution in [3.05, 3.63) is 65.9 Å². The van der Waals surface area contributed by atoms with Crippen molar-refractivity contribution in [3.63, 3.8) is 0 Å². The van der Waals surface area contributed by atoms with Crippen molar-refractivity contribution in [1.29, 1.82) is 5.26 Å². The predicted molar refractivity (Wildman–Crippen MR) is 107 cm³/mol. The van der Waals surface area contributed by atoms with Gasteiger partial charge in [0.1, 0.15) is 11.9 Å². The molecule has 1 aromatic heterocycles. The predicted octanol–water partition coefficient (Wildman–Crippen LogP) is 2.66. The first-order valence-corrected chi connectivity index (χ1v) is 9.27. The van der Waals surface area contributed by atoms with Crippen LogP contribution in [0.4, 0.5) is 5.82 Å². The average Bonchev–Trinajstić information content (AvgIpc) is 2.75. The first-order chi connectivity index (χ1) is 13.3. The molecule has 0 atom stereocenters. The Balaban J connectivity index is 1.60. The number of piperazine rings is 1. The van der Waals surface area contributed by atoms with Crippen LogP contribution in [-0.2, 0) is 4.84 Å². The molecule has 2 heterocycles. The van der Waals surface area contributed by atoms with Crippen molar-refractivity contribution in [2.75, 3.05) is 44.2 Å². The van der Waals surface area contributed by atoms with Crippen LogP contribution in [0.2, 0.25) is 0 Å². The third kappa shape index (κ3) is 5.07. The summed E-state index contributed by atoms with van der Waals surface area (Å²) in [5.74, 6) is 0.790. The maximum absolute atomic E-state index is 9.27. The Morgan fingerprint density at radius 2 is 1.96 bits per heavy atom. The number of hydrogen-bond donors (Lipinski definition) is 1. The number of hydrogen-bond acceptors (Lipinski definition) is 6. The van der Waals surface area contributed by atoms with Crippen molar-refractivity contribution in [2.45, 2.75) is 6.92 Å². The zero-order valence-corrected chi connectivity index (χ0v) is 15.6. The van der Waals surface area contributed by atoms with E-state index < -0.39 is 0 Å². The van der Waals surface area contributed by atoms with Crippen LogP contribution in [0.25, 0.3) is 5.70 Å². The molecular weight excluding hydrogens is 338 g/mol. The molecule has 6 heteroatoms. The van der Waals surface area contributed by atoms with Crippen molar-refractivity contribution >= 4 is 11.5 Å². The number of pyridine rings is 1. The minimum Gasteiger partial charge on any atom is -0.353 e. The molecule has 1 aliphatic heterocycles. The molecular formula is C21H25N5O. The lowest BCUT2D eigenvalue weighted by Crippen LogP contribution is -2.47. The van der Waals surface area contributed by atoms with E-state index in [-0.39, 0.29) is 0 Å². The molecule has 1 fully saturated rings. The molecule has 0 bridgehead atoms. The van der Waals surface area contributed by atoms with E-state index >= 15 is 0 Å². The standard InChI is InChI=1S/C21H25N5O/c1-2-27-24-20(18-7-4-3-5-8-18)10-12-25-13-15-26(16-14-25)21-19(17-22)9-6-11-23-21/h3-11,24H,2,12-16H2,1H3. The van der Waals surface area contributed by atoms with Crippen molar-refractivity contribution in [3.8, 4) is 6.07 Å². The minimum absolute atomic E-state index is 0.605. The van der Waals surface area contributed by atoms with Crippen LogP contribution in [0.1, 0.15) is 18.1 Å². The SMILES string of the molecule is CCONC(=CCN1CCN(c2ncccc2C#N)CC1)c1ccccc1. The Kier molecular flexibility index (Phi) is 6.80. The van der Waals surface area contributed by atoms with E-state index in [1.807, 2.05) is 31.2 Å². The van der Waals surface area contributed by atoms with Gasteiger partial charge in [-0.25, -0.2) is 4.98 Å². The van der Waals surface area contributed by atoms with Gasteiger partial charge >= 0.3 is 0 Å². The Bertz CT molecular complexity index is 792. The molecule has 0 spiro atoms. The molecule has 2 aromatic rings. The monoisotopic (exact) mass is 363 g/mol. The second-order valence-corrected chi connectivity index (χ2v) is 6.29. The Labute approximate surface area is 160 Å². The number of anilines is 1. The summed E-state index contributed by atoms with van der Waals surface area (Å²) in [6.07, 6.45) is 3.92. The molecule has 27 heavy (non-hydrogen) atoms. The molecule has 1 N–H and O–H groups in total. The summed E-state index contributed by atoms with van der Waals surface area (Å²) >= 11 is 0. The van der Waals surface area contributed by atoms with Gasteiger partial charge in [-0.3, -0.25) is 15.2 Å². The summed E-state index contributed by atoms with van der Waals surface area (Å²) in [5.41, 5.74) is 5.78. The Morgan fingerprint density at radius 3 is 2.67 bits per heavy atom. The fourth-order valence-electron chi connectivity index (χ4n) is 3.08. The fraction of sp³-hybridized carbons (Fsp3) is 0.333. The highest BCUT2D eigenvalue weighted by Crippen LogP contribution is 2.18. The van der Waals surface area contributed by atoms with Gasteiger partial charge in [0.2, 0.25) is 0 Å². The zero-order valence-electron chi connectivity index (χ0n) is 15.6. The topological polar surface area (TPSA) is 64.4 Å². The third-order valence-corrected chi connectivity index (χ3v) is 4.54. The fourth-order valence-corrected chi connectivity index (χ4v) is 3.08. The van der Waals surface area contributed by atoms with Gasteiger partial charge in [0.05, 0.1) is 17.9 Å². The average molecular weight is 363 g/mol. The molecule has 1 aromatic carbocycles. The van der Waals surface area contributed by atoms with Crippen LogP contribution in [0, 0.1) is 11.3 Å². The number of nitrogens with zero attached hydrogens (tertiary/aromatic N) is 4. The lowest BCUT2D eigenvalue weighted by molar-refractivity contribution is 0.0896. The molecule has 140 valence electrons. The maximum atomic E-state index is 9.27. The Morgan fingerprint density at radius 1 is 1.19 bits per heavy atom. The zero-order chi connectivity index (χ0) is 18.9. The summed E-state index contributed by atoms with van der Waals surface area (Å²) in [5, 5.41) is 9.27. The lowest BCUT2D eigenvalue weighted by atomic mass is 10.1. The molecule has 6 nitrogen and oxygen atoms in total. The summed E-state index contributed by atoms with van der Waals surface area (Å²) in [7, 11) is 0. The normalized spacial score (nSPS) is 15.4. The smallest absolute Gasteiger partial charge is 0.146 e. The Hall–Kier alpha value is -2.88. The van der Waals surface area contributed by atoms with Gasteiger partial charge in [0.25, 0.3) is 0 Å². The van der Waals surface area contributed by atoms with E-state index in [0.29, 0.717) is 12.2 Å². The molecule has 3 rings (SSSR count). The number of hydroxylamine groups is 1. The van der Waals surface area contributed by atoms with E-state index in [1.165, 1.54) is 0 Å². The van der Waals surface area contributed by atoms with Gasteiger partial charge in [-0.1, -0.05) is 30.3 Å². The number of aromatic nitrogens is 1. The first-order valence-electron chi connectivity index (χ1n) is 9.27. The van der Waals surface area contributed by atoms with E-state index in [9.17, 15) is 5.26 Å². The largest absolute Gasteiger partial charge is 0.353 e. The molecule has 0 aliphatic carbocycles. The second kappa shape index (κ2) is 9.72. The highest BCUT2D eigenvalue weighted by Gasteiger charge is 2.19. The third-order valence-electron chi connectivity index (χ3n) is 4.54. The van der Waals surface area contributed by atoms with Crippen molar-refractivity contribution < 1.29 is 4.84 Å². The van der Waals surface area contributed by atoms with E-state index in [2.05, 4.69) is 44.5 Å². The molecule has 1 aliphatic rings. The molecule has 0 unspecified atom stereocenters. The van der Waals surface area contributed by atoms with Gasteiger partial charge in [0, 0.05) is 38.9 Å². The summed E-state index contributed by atoms with van der Waals surface area (Å²) < 4.78 is 0. The molecule has 0 radical (unpaired) electrons. The number of nitrogens with one attached hydrogen (secondary N) is 1. The number of rotatable bonds is 7. The first kappa shape index (κ1) is 18.9. The van der Waals surface area contributed by atoms with Crippen LogP contribution >= 0.6 is 0 Å². The second-order valence-electron chi connectivity index (χ2n) is 6.29. The van der Waals surface area contributed by atoms with E-state index in [0.717, 1.165) is 49.8 Å². The van der Waals surface area contributed by atoms with Gasteiger partial charge < -0.3 is 4.90 Å². The van der Waals surface area contributed by atoms with Crippen LogP contribution < -0.4 is 10.4 Å². The van der Waals surface area contributed by atoms with Gasteiger partial charge in [0.15, 0.2) is 0 Å². The minimum atomic E-state index is 0.605. The van der Waals surface area contributed by atoms with Crippen molar-refractivity contribution in [1.82, 2.24) is 15.4 Å². The van der Waals surface area contributed by atoms with Crippen LogP contribution in [0.5, 0.6) is 0 Å². The summed E-state index contributed by atoms with van der Waals surface area (Å²) in [4.78, 5) is 14.4. The number of benzene rings is 1. The summed E-state index contributed by atoms with van der Waals surface area (Å²) in [6.45, 7) is 6.98. The van der Waals surface area contributed by atoms with E-state index in [1.54, 1.807) is 12.3 Å². The quantitative estimate of drug-likeness (QED) is 0.763. The van der Waals surface area contributed by atoms with Crippen LogP contribution in [0.3, 0.4) is 0 Å². The van der Waals surface area contributed by atoms with Crippen LogP contribution in [-0.4, -0.2) is 49.2 Å². The van der Waals surface area contributed by atoms with Gasteiger partial charge in [-0.05, 0) is 30.7 Å². The molecule has 1 saturated heterocycles. The van der Waals surface area contributed by atoms with E-state index in [4.69, 9.17) is 4.84 Å². The van der Waals surface area contributed by atoms with Crippen molar-refractivity contribution in [2.24, 2.45) is 0 Å².